The molecule has 0 bridgehead atoms. The number of halogens is 1. The largest absolute Gasteiger partial charge is 0.369 e. The lowest BCUT2D eigenvalue weighted by molar-refractivity contribution is -0.118. The second-order valence-corrected chi connectivity index (χ2v) is 6.48. The lowest BCUT2D eigenvalue weighted by atomic mass is 10.3. The van der Waals surface area contributed by atoms with E-state index >= 15 is 0 Å². The van der Waals surface area contributed by atoms with Crippen LogP contribution in [0.3, 0.4) is 0 Å². The van der Waals surface area contributed by atoms with Gasteiger partial charge in [-0.15, -0.1) is 0 Å². The van der Waals surface area contributed by atoms with Crippen LogP contribution in [0.5, 0.6) is 0 Å². The van der Waals surface area contributed by atoms with Crippen LogP contribution in [0.15, 0.2) is 39.8 Å². The second-order valence-electron chi connectivity index (χ2n) is 4.92. The summed E-state index contributed by atoms with van der Waals surface area (Å²) in [4.78, 5) is 20.5. The first-order valence-corrected chi connectivity index (χ1v) is 9.00. The molecule has 0 saturated carbocycles. The Bertz CT molecular complexity index is 682. The van der Waals surface area contributed by atoms with Crippen LogP contribution < -0.4 is 21.1 Å². The van der Waals surface area contributed by atoms with Gasteiger partial charge in [-0.3, -0.25) is 9.93 Å². The molecule has 0 aliphatic rings. The van der Waals surface area contributed by atoms with E-state index in [-0.39, 0.29) is 5.91 Å². The van der Waals surface area contributed by atoms with Gasteiger partial charge in [0.05, 0.1) is 4.47 Å². The Balaban J connectivity index is 1.93. The standard InChI is InChI=1S/C15H19BrN6OS/c1-10(23)18-7-2-8-19-14-13(16)9-20-15(22-14)21-11-3-5-12(24-17)6-4-11/h3-6,9H,2,7-8,17H2,1H3,(H,18,23)(H2,19,20,21,22). The Hall–Kier alpha value is -1.84. The summed E-state index contributed by atoms with van der Waals surface area (Å²) < 4.78 is 0.780. The van der Waals surface area contributed by atoms with Crippen molar-refractivity contribution < 1.29 is 4.79 Å². The van der Waals surface area contributed by atoms with Crippen molar-refractivity contribution in [2.24, 2.45) is 5.14 Å². The van der Waals surface area contributed by atoms with Crippen molar-refractivity contribution in [1.29, 1.82) is 0 Å². The van der Waals surface area contributed by atoms with Crippen LogP contribution in [0.1, 0.15) is 13.3 Å². The molecule has 2 rings (SSSR count). The molecule has 0 aliphatic heterocycles. The zero-order chi connectivity index (χ0) is 17.4. The van der Waals surface area contributed by atoms with E-state index in [0.717, 1.165) is 21.5 Å². The molecule has 0 atom stereocenters. The monoisotopic (exact) mass is 410 g/mol. The molecule has 24 heavy (non-hydrogen) atoms. The van der Waals surface area contributed by atoms with Crippen LogP contribution in [-0.4, -0.2) is 29.0 Å². The van der Waals surface area contributed by atoms with Crippen LogP contribution in [0.2, 0.25) is 0 Å². The fraction of sp³-hybridized carbons (Fsp3) is 0.267. The number of nitrogens with zero attached hydrogens (tertiary/aromatic N) is 2. The molecule has 1 heterocycles. The molecule has 7 nitrogen and oxygen atoms in total. The number of nitrogens with two attached hydrogens (primary N) is 1. The van der Waals surface area contributed by atoms with E-state index in [0.29, 0.717) is 24.9 Å². The highest BCUT2D eigenvalue weighted by molar-refractivity contribution is 9.10. The molecule has 1 aromatic heterocycles. The quantitative estimate of drug-likeness (QED) is 0.391. The second kappa shape index (κ2) is 9.45. The zero-order valence-corrected chi connectivity index (χ0v) is 15.6. The van der Waals surface area contributed by atoms with Crippen molar-refractivity contribution in [2.75, 3.05) is 23.7 Å². The van der Waals surface area contributed by atoms with E-state index in [9.17, 15) is 4.79 Å². The Labute approximate surface area is 153 Å². The van der Waals surface area contributed by atoms with Crippen LogP contribution >= 0.6 is 27.9 Å². The summed E-state index contributed by atoms with van der Waals surface area (Å²) in [5.41, 5.74) is 0.881. The van der Waals surface area contributed by atoms with E-state index in [1.807, 2.05) is 24.3 Å². The van der Waals surface area contributed by atoms with Gasteiger partial charge in [0.25, 0.3) is 0 Å². The summed E-state index contributed by atoms with van der Waals surface area (Å²) in [7, 11) is 0. The van der Waals surface area contributed by atoms with E-state index in [1.165, 1.54) is 18.9 Å². The number of anilines is 3. The van der Waals surface area contributed by atoms with Gasteiger partial charge in [-0.05, 0) is 58.6 Å². The number of hydrogen-bond acceptors (Lipinski definition) is 7. The number of nitrogens with one attached hydrogen (secondary N) is 3. The maximum absolute atomic E-state index is 10.8. The molecule has 0 aliphatic carbocycles. The van der Waals surface area contributed by atoms with Crippen LogP contribution in [0.25, 0.3) is 0 Å². The van der Waals surface area contributed by atoms with Crippen molar-refractivity contribution in [3.05, 3.63) is 34.9 Å². The molecular weight excluding hydrogens is 392 g/mol. The molecule has 5 N–H and O–H groups in total. The normalized spacial score (nSPS) is 10.3. The maximum atomic E-state index is 10.8. The number of benzene rings is 1. The number of amides is 1. The Kier molecular flexibility index (Phi) is 7.29. The van der Waals surface area contributed by atoms with Gasteiger partial charge < -0.3 is 16.0 Å². The van der Waals surface area contributed by atoms with Crippen LogP contribution in [0, 0.1) is 0 Å². The molecule has 1 aromatic carbocycles. The average Bonchev–Trinajstić information content (AvgIpc) is 2.57. The molecular formula is C15H19BrN6OS. The van der Waals surface area contributed by atoms with Crippen LogP contribution in [-0.2, 0) is 4.79 Å². The van der Waals surface area contributed by atoms with Gasteiger partial charge in [0, 0.05) is 36.8 Å². The topological polar surface area (TPSA) is 105 Å². The number of hydrogen-bond donors (Lipinski definition) is 4. The SMILES string of the molecule is CC(=O)NCCCNc1nc(Nc2ccc(SN)cc2)ncc1Br. The minimum Gasteiger partial charge on any atom is -0.369 e. The van der Waals surface area contributed by atoms with Crippen molar-refractivity contribution in [1.82, 2.24) is 15.3 Å². The van der Waals surface area contributed by atoms with Gasteiger partial charge in [-0.1, -0.05) is 0 Å². The van der Waals surface area contributed by atoms with Gasteiger partial charge in [0.15, 0.2) is 0 Å². The first-order chi connectivity index (χ1) is 11.6. The Morgan fingerprint density at radius 2 is 2.04 bits per heavy atom. The highest BCUT2D eigenvalue weighted by atomic mass is 79.9. The minimum absolute atomic E-state index is 0.0243. The smallest absolute Gasteiger partial charge is 0.229 e. The molecule has 128 valence electrons. The first kappa shape index (κ1) is 18.5. The molecule has 1 amide bonds. The molecule has 2 aromatic rings. The Morgan fingerprint density at radius 3 is 2.71 bits per heavy atom. The summed E-state index contributed by atoms with van der Waals surface area (Å²) in [6.07, 6.45) is 2.49. The van der Waals surface area contributed by atoms with Crippen molar-refractivity contribution in [2.45, 2.75) is 18.2 Å². The summed E-state index contributed by atoms with van der Waals surface area (Å²) in [6, 6.07) is 7.68. The predicted molar refractivity (Wildman–Crippen MR) is 101 cm³/mol. The predicted octanol–water partition coefficient (Wildman–Crippen LogP) is 2.89. The van der Waals surface area contributed by atoms with Crippen molar-refractivity contribution in [3.63, 3.8) is 0 Å². The fourth-order valence-corrected chi connectivity index (χ4v) is 2.48. The molecule has 9 heteroatoms. The molecule has 0 unspecified atom stereocenters. The van der Waals surface area contributed by atoms with Crippen molar-refractivity contribution >= 4 is 51.2 Å². The summed E-state index contributed by atoms with van der Waals surface area (Å²) in [5, 5.41) is 14.6. The summed E-state index contributed by atoms with van der Waals surface area (Å²) >= 11 is 4.63. The van der Waals surface area contributed by atoms with Gasteiger partial charge in [0.1, 0.15) is 5.82 Å². The van der Waals surface area contributed by atoms with E-state index in [1.54, 1.807) is 6.20 Å². The average molecular weight is 411 g/mol. The number of rotatable bonds is 8. The van der Waals surface area contributed by atoms with Gasteiger partial charge in [-0.2, -0.15) is 4.98 Å². The number of carbonyl (C=O) groups excluding carboxylic acids is 1. The van der Waals surface area contributed by atoms with E-state index in [2.05, 4.69) is 41.8 Å². The van der Waals surface area contributed by atoms with E-state index in [4.69, 9.17) is 5.14 Å². The Morgan fingerprint density at radius 1 is 1.29 bits per heavy atom. The van der Waals surface area contributed by atoms with Gasteiger partial charge in [-0.25, -0.2) is 4.98 Å². The summed E-state index contributed by atoms with van der Waals surface area (Å²) in [5.74, 6) is 1.17. The highest BCUT2D eigenvalue weighted by Gasteiger charge is 2.05. The van der Waals surface area contributed by atoms with Gasteiger partial charge in [0.2, 0.25) is 11.9 Å². The molecule has 0 spiro atoms. The third-order valence-electron chi connectivity index (χ3n) is 3.01. The highest BCUT2D eigenvalue weighted by Crippen LogP contribution is 2.22. The lowest BCUT2D eigenvalue weighted by Gasteiger charge is -2.10. The lowest BCUT2D eigenvalue weighted by Crippen LogP contribution is -2.22. The van der Waals surface area contributed by atoms with Crippen LogP contribution in [0.4, 0.5) is 17.5 Å². The molecule has 0 fully saturated rings. The molecule has 0 radical (unpaired) electrons. The van der Waals surface area contributed by atoms with Gasteiger partial charge >= 0.3 is 0 Å². The third kappa shape index (κ3) is 5.99. The third-order valence-corrected chi connectivity index (χ3v) is 4.14. The number of aromatic nitrogens is 2. The first-order valence-electron chi connectivity index (χ1n) is 7.33. The maximum Gasteiger partial charge on any atom is 0.229 e. The van der Waals surface area contributed by atoms with Crippen molar-refractivity contribution in [3.8, 4) is 0 Å². The summed E-state index contributed by atoms with van der Waals surface area (Å²) in [6.45, 7) is 2.82. The zero-order valence-electron chi connectivity index (χ0n) is 13.2. The molecule has 0 saturated heterocycles. The van der Waals surface area contributed by atoms with E-state index < -0.39 is 0 Å². The fourth-order valence-electron chi connectivity index (χ4n) is 1.86. The number of carbonyl (C=O) groups is 1. The minimum atomic E-state index is -0.0243.